The van der Waals surface area contributed by atoms with Crippen molar-refractivity contribution in [1.29, 1.82) is 0 Å². The Balaban J connectivity index is 1.30. The number of hydrogen-bond donors (Lipinski definition) is 3. The van der Waals surface area contributed by atoms with Gasteiger partial charge in [-0.25, -0.2) is 4.98 Å². The maximum absolute atomic E-state index is 11.7. The number of ether oxygens (including phenoxy) is 1. The van der Waals surface area contributed by atoms with Gasteiger partial charge in [-0.3, -0.25) is 9.69 Å². The predicted octanol–water partition coefficient (Wildman–Crippen LogP) is 5.16. The van der Waals surface area contributed by atoms with Gasteiger partial charge in [-0.2, -0.15) is 9.97 Å². The summed E-state index contributed by atoms with van der Waals surface area (Å²) in [5.41, 5.74) is 2.75. The second kappa shape index (κ2) is 13.3. The topological polar surface area (TPSA) is 111 Å². The lowest BCUT2D eigenvalue weighted by Crippen LogP contribution is -2.52. The number of piperidine rings is 1. The van der Waals surface area contributed by atoms with Gasteiger partial charge in [0, 0.05) is 57.3 Å². The van der Waals surface area contributed by atoms with Gasteiger partial charge in [-0.05, 0) is 56.6 Å². The van der Waals surface area contributed by atoms with Crippen LogP contribution in [0.1, 0.15) is 25.3 Å². The largest absolute Gasteiger partial charge is 0.479 e. The molecule has 0 spiro atoms. The van der Waals surface area contributed by atoms with Gasteiger partial charge in [0.05, 0.1) is 24.7 Å². The van der Waals surface area contributed by atoms with Crippen LogP contribution in [0.15, 0.2) is 30.5 Å². The zero-order valence-electron chi connectivity index (χ0n) is 24.4. The van der Waals surface area contributed by atoms with E-state index in [0.717, 1.165) is 63.5 Å². The Morgan fingerprint density at radius 3 is 2.40 bits per heavy atom. The Bertz CT molecular complexity index is 1420. The van der Waals surface area contributed by atoms with Gasteiger partial charge in [-0.1, -0.05) is 23.2 Å². The Kier molecular flexibility index (Phi) is 9.52. The first-order chi connectivity index (χ1) is 20.2. The number of benzene rings is 1. The lowest BCUT2D eigenvalue weighted by atomic mass is 10.0. The third kappa shape index (κ3) is 7.15. The van der Waals surface area contributed by atoms with E-state index in [2.05, 4.69) is 54.6 Å². The van der Waals surface area contributed by atoms with E-state index in [1.807, 2.05) is 6.07 Å². The summed E-state index contributed by atoms with van der Waals surface area (Å²) < 4.78 is 5.68. The van der Waals surface area contributed by atoms with E-state index >= 15 is 0 Å². The maximum atomic E-state index is 11.7. The Morgan fingerprint density at radius 2 is 1.71 bits per heavy atom. The number of rotatable bonds is 8. The summed E-state index contributed by atoms with van der Waals surface area (Å²) in [7, 11) is 3.80. The van der Waals surface area contributed by atoms with Crippen LogP contribution in [0.3, 0.4) is 0 Å². The van der Waals surface area contributed by atoms with Gasteiger partial charge in [0.25, 0.3) is 0 Å². The second-order valence-electron chi connectivity index (χ2n) is 10.8. The predicted molar refractivity (Wildman–Crippen MR) is 169 cm³/mol. The molecule has 0 bridgehead atoms. The number of methoxy groups -OCH3 is 1. The molecule has 4 heterocycles. The van der Waals surface area contributed by atoms with Crippen molar-refractivity contribution in [3.05, 3.63) is 46.1 Å². The molecule has 224 valence electrons. The first-order valence-corrected chi connectivity index (χ1v) is 14.8. The number of likely N-dealkylation sites (N-methyl/N-ethyl adjacent to an activating group) is 1. The molecule has 5 rings (SSSR count). The Labute approximate surface area is 256 Å². The minimum Gasteiger partial charge on any atom is -0.479 e. The van der Waals surface area contributed by atoms with Crippen LogP contribution in [0.4, 0.5) is 34.6 Å². The van der Waals surface area contributed by atoms with Crippen molar-refractivity contribution in [2.45, 2.75) is 32.7 Å². The molecule has 11 nitrogen and oxygen atoms in total. The molecule has 2 aliphatic rings. The van der Waals surface area contributed by atoms with Crippen molar-refractivity contribution >= 4 is 63.8 Å². The molecule has 0 aliphatic carbocycles. The monoisotopic (exact) mass is 613 g/mol. The van der Waals surface area contributed by atoms with Crippen molar-refractivity contribution in [2.75, 3.05) is 74.3 Å². The summed E-state index contributed by atoms with van der Waals surface area (Å²) in [5.74, 6) is 1.80. The van der Waals surface area contributed by atoms with E-state index in [-0.39, 0.29) is 5.91 Å². The molecule has 3 N–H and O–H groups in total. The van der Waals surface area contributed by atoms with Gasteiger partial charge in [0.2, 0.25) is 17.7 Å². The summed E-state index contributed by atoms with van der Waals surface area (Å²) in [4.78, 5) is 32.9. The first kappa shape index (κ1) is 30.1. The minimum atomic E-state index is -0.214. The van der Waals surface area contributed by atoms with Crippen LogP contribution in [0.2, 0.25) is 10.0 Å². The van der Waals surface area contributed by atoms with Crippen LogP contribution in [0.5, 0.6) is 5.88 Å². The van der Waals surface area contributed by atoms with Crippen molar-refractivity contribution < 1.29 is 9.53 Å². The van der Waals surface area contributed by atoms with Gasteiger partial charge >= 0.3 is 0 Å². The quantitative estimate of drug-likeness (QED) is 0.315. The number of piperazine rings is 1. The Morgan fingerprint density at radius 1 is 0.976 bits per heavy atom. The number of amides is 1. The number of hydrogen-bond acceptors (Lipinski definition) is 10. The summed E-state index contributed by atoms with van der Waals surface area (Å²) in [6.45, 7) is 9.97. The molecule has 0 unspecified atom stereocenters. The highest BCUT2D eigenvalue weighted by Crippen LogP contribution is 2.35. The summed E-state index contributed by atoms with van der Waals surface area (Å²) in [6, 6.07) is 7.71. The first-order valence-electron chi connectivity index (χ1n) is 14.1. The highest BCUT2D eigenvalue weighted by Gasteiger charge is 2.28. The molecule has 0 atom stereocenters. The number of carbonyl (C=O) groups is 1. The number of carbonyl (C=O) groups excluding carboxylic acids is 1. The molecule has 42 heavy (non-hydrogen) atoms. The molecule has 2 aromatic heterocycles. The number of nitrogens with one attached hydrogen (secondary N) is 3. The Hall–Kier alpha value is -3.38. The fourth-order valence-corrected chi connectivity index (χ4v) is 5.77. The molecule has 1 aromatic carbocycles. The van der Waals surface area contributed by atoms with Crippen LogP contribution >= 0.6 is 23.2 Å². The highest BCUT2D eigenvalue weighted by molar-refractivity contribution is 6.33. The van der Waals surface area contributed by atoms with Crippen LogP contribution in [0, 0.1) is 6.92 Å². The molecule has 0 radical (unpaired) electrons. The van der Waals surface area contributed by atoms with Crippen molar-refractivity contribution in [2.24, 2.45) is 0 Å². The van der Waals surface area contributed by atoms with E-state index in [1.165, 1.54) is 13.1 Å². The number of aryl methyl sites for hydroxylation is 1. The van der Waals surface area contributed by atoms with E-state index in [0.29, 0.717) is 50.8 Å². The normalized spacial score (nSPS) is 16.8. The van der Waals surface area contributed by atoms with Crippen LogP contribution in [-0.2, 0) is 4.79 Å². The standard InChI is InChI=1S/C29H37Cl2N9O2/c1-18-15-25(28(42-4)37-27(18)40-9-7-21(8-10-40)39-13-11-38(3)12-14-39)35-29-32-17-22(31)26(36-29)34-24-16-20(30)5-6-23(24)33-19(2)41/h5-6,15-17,21H,7-14H2,1-4H3,(H,33,41)(H2,32,34,35,36). The summed E-state index contributed by atoms with van der Waals surface area (Å²) in [6.07, 6.45) is 3.74. The van der Waals surface area contributed by atoms with Crippen LogP contribution < -0.4 is 25.6 Å². The van der Waals surface area contributed by atoms with Crippen molar-refractivity contribution in [3.63, 3.8) is 0 Å². The highest BCUT2D eigenvalue weighted by atomic mass is 35.5. The molecule has 2 aliphatic heterocycles. The average Bonchev–Trinajstić information content (AvgIpc) is 2.97. The summed E-state index contributed by atoms with van der Waals surface area (Å²) >= 11 is 12.6. The molecule has 0 saturated carbocycles. The van der Waals surface area contributed by atoms with Crippen LogP contribution in [-0.4, -0.2) is 90.1 Å². The lowest BCUT2D eigenvalue weighted by Gasteiger charge is -2.42. The molecule has 1 amide bonds. The third-order valence-corrected chi connectivity index (χ3v) is 8.21. The third-order valence-electron chi connectivity index (χ3n) is 7.70. The van der Waals surface area contributed by atoms with Gasteiger partial charge in [0.1, 0.15) is 16.5 Å². The molecular formula is C29H37Cl2N9O2. The summed E-state index contributed by atoms with van der Waals surface area (Å²) in [5, 5.41) is 9.94. The van der Waals surface area contributed by atoms with E-state index < -0.39 is 0 Å². The average molecular weight is 615 g/mol. The number of halogens is 2. The molecular weight excluding hydrogens is 577 g/mol. The fraction of sp³-hybridized carbons (Fsp3) is 0.448. The molecule has 2 fully saturated rings. The van der Waals surface area contributed by atoms with Crippen LogP contribution in [0.25, 0.3) is 0 Å². The van der Waals surface area contributed by atoms with Crippen molar-refractivity contribution in [1.82, 2.24) is 24.8 Å². The number of pyridine rings is 1. The fourth-order valence-electron chi connectivity index (χ4n) is 5.46. The number of nitrogens with zero attached hydrogens (tertiary/aromatic N) is 6. The van der Waals surface area contributed by atoms with Gasteiger partial charge in [-0.15, -0.1) is 0 Å². The smallest absolute Gasteiger partial charge is 0.239 e. The number of aromatic nitrogens is 3. The number of anilines is 6. The zero-order valence-corrected chi connectivity index (χ0v) is 25.9. The van der Waals surface area contributed by atoms with E-state index in [9.17, 15) is 4.79 Å². The zero-order chi connectivity index (χ0) is 29.8. The lowest BCUT2D eigenvalue weighted by molar-refractivity contribution is -0.114. The maximum Gasteiger partial charge on any atom is 0.239 e. The van der Waals surface area contributed by atoms with Crippen molar-refractivity contribution in [3.8, 4) is 5.88 Å². The molecule has 13 heteroatoms. The SMILES string of the molecule is COc1nc(N2CCC(N3CCN(C)CC3)CC2)c(C)cc1Nc1ncc(Cl)c(Nc2cc(Cl)ccc2NC(C)=O)n1. The van der Waals surface area contributed by atoms with E-state index in [1.54, 1.807) is 25.3 Å². The van der Waals surface area contributed by atoms with Gasteiger partial charge < -0.3 is 30.5 Å². The van der Waals surface area contributed by atoms with Gasteiger partial charge in [0.15, 0.2) is 5.82 Å². The molecule has 3 aromatic rings. The molecule has 2 saturated heterocycles. The van der Waals surface area contributed by atoms with E-state index in [4.69, 9.17) is 32.9 Å². The minimum absolute atomic E-state index is 0.214. The second-order valence-corrected chi connectivity index (χ2v) is 11.6.